The average molecular weight is 247 g/mol. The van der Waals surface area contributed by atoms with Crippen LogP contribution in [0, 0.1) is 5.92 Å². The van der Waals surface area contributed by atoms with Gasteiger partial charge in [0.2, 0.25) is 5.91 Å². The minimum atomic E-state index is 0.0828. The van der Waals surface area contributed by atoms with Gasteiger partial charge in [-0.3, -0.25) is 4.79 Å². The van der Waals surface area contributed by atoms with Gasteiger partial charge in [-0.2, -0.15) is 0 Å². The fourth-order valence-electron chi connectivity index (χ4n) is 2.59. The summed E-state index contributed by atoms with van der Waals surface area (Å²) < 4.78 is 0. The Morgan fingerprint density at radius 2 is 1.94 bits per heavy atom. The van der Waals surface area contributed by atoms with Crippen molar-refractivity contribution >= 4 is 5.91 Å². The van der Waals surface area contributed by atoms with Gasteiger partial charge in [-0.15, -0.1) is 0 Å². The molecule has 2 unspecified atom stereocenters. The van der Waals surface area contributed by atoms with Crippen molar-refractivity contribution in [2.45, 2.75) is 45.1 Å². The highest BCUT2D eigenvalue weighted by Gasteiger charge is 2.22. The maximum Gasteiger partial charge on any atom is 0.224 e. The van der Waals surface area contributed by atoms with E-state index in [9.17, 15) is 9.90 Å². The van der Waals surface area contributed by atoms with Gasteiger partial charge in [-0.1, -0.05) is 31.9 Å². The molecule has 3 heteroatoms. The largest absolute Gasteiger partial charge is 0.508 e. The summed E-state index contributed by atoms with van der Waals surface area (Å²) in [6, 6.07) is 7.15. The third-order valence-corrected chi connectivity index (χ3v) is 3.76. The Kier molecular flexibility index (Phi) is 4.24. The van der Waals surface area contributed by atoms with Crippen LogP contribution in [0.4, 0.5) is 0 Å². The van der Waals surface area contributed by atoms with E-state index in [1.165, 1.54) is 19.3 Å². The van der Waals surface area contributed by atoms with Gasteiger partial charge in [0.25, 0.3) is 0 Å². The Labute approximate surface area is 108 Å². The van der Waals surface area contributed by atoms with E-state index in [1.807, 2.05) is 0 Å². The molecule has 3 nitrogen and oxygen atoms in total. The third-order valence-electron chi connectivity index (χ3n) is 3.76. The van der Waals surface area contributed by atoms with Crippen LogP contribution in [0.1, 0.15) is 38.2 Å². The molecule has 1 saturated carbocycles. The number of hydrogen-bond acceptors (Lipinski definition) is 2. The van der Waals surface area contributed by atoms with Gasteiger partial charge in [-0.25, -0.2) is 0 Å². The van der Waals surface area contributed by atoms with Crippen LogP contribution in [0.15, 0.2) is 24.3 Å². The van der Waals surface area contributed by atoms with Crippen molar-refractivity contribution in [1.82, 2.24) is 5.32 Å². The monoisotopic (exact) mass is 247 g/mol. The van der Waals surface area contributed by atoms with E-state index in [1.54, 1.807) is 24.3 Å². The van der Waals surface area contributed by atoms with Crippen molar-refractivity contribution in [3.63, 3.8) is 0 Å². The van der Waals surface area contributed by atoms with Gasteiger partial charge in [0, 0.05) is 6.04 Å². The highest BCUT2D eigenvalue weighted by molar-refractivity contribution is 5.78. The Morgan fingerprint density at radius 1 is 1.28 bits per heavy atom. The molecular formula is C15H21NO2. The summed E-state index contributed by atoms with van der Waals surface area (Å²) in [6.07, 6.45) is 5.20. The molecule has 0 spiro atoms. The lowest BCUT2D eigenvalue weighted by molar-refractivity contribution is -0.121. The van der Waals surface area contributed by atoms with E-state index in [0.29, 0.717) is 18.4 Å². The molecule has 0 radical (unpaired) electrons. The zero-order chi connectivity index (χ0) is 13.0. The lowest BCUT2D eigenvalue weighted by atomic mass is 9.86. The number of carbonyl (C=O) groups excluding carboxylic acids is 1. The van der Waals surface area contributed by atoms with Crippen molar-refractivity contribution in [3.8, 4) is 5.75 Å². The fraction of sp³-hybridized carbons (Fsp3) is 0.533. The normalized spacial score (nSPS) is 23.6. The number of aromatic hydroxyl groups is 1. The second kappa shape index (κ2) is 5.89. The molecule has 2 atom stereocenters. The van der Waals surface area contributed by atoms with Crippen LogP contribution >= 0.6 is 0 Å². The first kappa shape index (κ1) is 12.9. The molecule has 0 saturated heterocycles. The van der Waals surface area contributed by atoms with Gasteiger partial charge in [0.1, 0.15) is 5.75 Å². The Bertz CT molecular complexity index is 399. The average Bonchev–Trinajstić information content (AvgIpc) is 2.35. The van der Waals surface area contributed by atoms with E-state index < -0.39 is 0 Å². The van der Waals surface area contributed by atoms with Crippen molar-refractivity contribution in [1.29, 1.82) is 0 Å². The van der Waals surface area contributed by atoms with Gasteiger partial charge >= 0.3 is 0 Å². The Balaban J connectivity index is 1.86. The molecule has 0 aromatic heterocycles. The number of rotatable bonds is 3. The second-order valence-electron chi connectivity index (χ2n) is 5.28. The summed E-state index contributed by atoms with van der Waals surface area (Å²) in [4.78, 5) is 11.9. The first-order valence-electron chi connectivity index (χ1n) is 6.72. The number of hydrogen-bond donors (Lipinski definition) is 2. The van der Waals surface area contributed by atoms with Crippen LogP contribution in [0.5, 0.6) is 5.75 Å². The third kappa shape index (κ3) is 3.49. The lowest BCUT2D eigenvalue weighted by Crippen LogP contribution is -2.41. The summed E-state index contributed by atoms with van der Waals surface area (Å²) in [7, 11) is 0. The molecular weight excluding hydrogens is 226 g/mol. The first-order chi connectivity index (χ1) is 8.65. The molecule has 0 heterocycles. The van der Waals surface area contributed by atoms with E-state index in [2.05, 4.69) is 12.2 Å². The minimum Gasteiger partial charge on any atom is -0.508 e. The van der Waals surface area contributed by atoms with Crippen LogP contribution in [-0.4, -0.2) is 17.1 Å². The topological polar surface area (TPSA) is 49.3 Å². The van der Waals surface area contributed by atoms with Crippen molar-refractivity contribution < 1.29 is 9.90 Å². The predicted octanol–water partition coefficient (Wildman–Crippen LogP) is 2.63. The minimum absolute atomic E-state index is 0.0828. The lowest BCUT2D eigenvalue weighted by Gasteiger charge is -2.29. The number of amides is 1. The molecule has 1 amide bonds. The summed E-state index contributed by atoms with van der Waals surface area (Å²) in [5.74, 6) is 0.905. The fourth-order valence-corrected chi connectivity index (χ4v) is 2.59. The van der Waals surface area contributed by atoms with Crippen molar-refractivity contribution in [3.05, 3.63) is 29.8 Å². The predicted molar refractivity (Wildman–Crippen MR) is 71.4 cm³/mol. The Hall–Kier alpha value is -1.51. The quantitative estimate of drug-likeness (QED) is 0.862. The van der Waals surface area contributed by atoms with Gasteiger partial charge in [0.15, 0.2) is 0 Å². The molecule has 1 aliphatic carbocycles. The highest BCUT2D eigenvalue weighted by atomic mass is 16.3. The molecule has 1 fully saturated rings. The Morgan fingerprint density at radius 3 is 2.61 bits per heavy atom. The van der Waals surface area contributed by atoms with E-state index in [0.717, 1.165) is 12.0 Å². The standard InChI is InChI=1S/C15H21NO2/c1-11-4-2-3-5-14(11)16-15(18)10-12-6-8-13(17)9-7-12/h6-9,11,14,17H,2-5,10H2,1H3,(H,16,18). The molecule has 2 rings (SSSR count). The number of benzene rings is 1. The molecule has 18 heavy (non-hydrogen) atoms. The SMILES string of the molecule is CC1CCCCC1NC(=O)Cc1ccc(O)cc1. The summed E-state index contributed by atoms with van der Waals surface area (Å²) >= 11 is 0. The zero-order valence-corrected chi connectivity index (χ0v) is 10.9. The second-order valence-corrected chi connectivity index (χ2v) is 5.28. The smallest absolute Gasteiger partial charge is 0.224 e. The number of carbonyl (C=O) groups is 1. The van der Waals surface area contributed by atoms with Gasteiger partial charge < -0.3 is 10.4 Å². The van der Waals surface area contributed by atoms with Gasteiger partial charge in [0.05, 0.1) is 6.42 Å². The van der Waals surface area contributed by atoms with Crippen LogP contribution in [0.3, 0.4) is 0 Å². The molecule has 1 aromatic rings. The summed E-state index contributed by atoms with van der Waals surface area (Å²) in [5, 5.41) is 12.3. The van der Waals surface area contributed by atoms with E-state index in [-0.39, 0.29) is 11.7 Å². The van der Waals surface area contributed by atoms with E-state index in [4.69, 9.17) is 0 Å². The summed E-state index contributed by atoms with van der Waals surface area (Å²) in [5.41, 5.74) is 0.939. The molecule has 2 N–H and O–H groups in total. The molecule has 0 aliphatic heterocycles. The molecule has 1 aromatic carbocycles. The highest BCUT2D eigenvalue weighted by Crippen LogP contribution is 2.23. The van der Waals surface area contributed by atoms with Crippen LogP contribution in [0.2, 0.25) is 0 Å². The summed E-state index contributed by atoms with van der Waals surface area (Å²) in [6.45, 7) is 2.21. The molecule has 1 aliphatic rings. The van der Waals surface area contributed by atoms with Crippen molar-refractivity contribution in [2.24, 2.45) is 5.92 Å². The number of nitrogens with one attached hydrogen (secondary N) is 1. The first-order valence-corrected chi connectivity index (χ1v) is 6.72. The van der Waals surface area contributed by atoms with Crippen molar-refractivity contribution in [2.75, 3.05) is 0 Å². The van der Waals surface area contributed by atoms with Crippen LogP contribution in [0.25, 0.3) is 0 Å². The number of phenolic OH excluding ortho intramolecular Hbond substituents is 1. The van der Waals surface area contributed by atoms with Crippen LogP contribution in [-0.2, 0) is 11.2 Å². The number of phenols is 1. The van der Waals surface area contributed by atoms with E-state index >= 15 is 0 Å². The maximum atomic E-state index is 11.9. The maximum absolute atomic E-state index is 11.9. The molecule has 0 bridgehead atoms. The van der Waals surface area contributed by atoms with Gasteiger partial charge in [-0.05, 0) is 36.5 Å². The zero-order valence-electron chi connectivity index (χ0n) is 10.9. The molecule has 98 valence electrons. The van der Waals surface area contributed by atoms with Crippen LogP contribution < -0.4 is 5.32 Å².